The molecule has 0 radical (unpaired) electrons. The van der Waals surface area contributed by atoms with Crippen LogP contribution in [0, 0.1) is 0 Å². The number of hydrogen-bond donors (Lipinski definition) is 0. The van der Waals surface area contributed by atoms with Gasteiger partial charge in [0.1, 0.15) is 0 Å². The Morgan fingerprint density at radius 1 is 0.875 bits per heavy atom. The fraction of sp³-hybridized carbons (Fsp3) is 0.231. The van der Waals surface area contributed by atoms with E-state index in [9.17, 15) is 0 Å². The average molecular weight is 224 g/mol. The predicted molar refractivity (Wildman–Crippen MR) is 65.7 cm³/mol. The van der Waals surface area contributed by atoms with Crippen LogP contribution in [0.25, 0.3) is 10.8 Å². The van der Waals surface area contributed by atoms with Crippen molar-refractivity contribution < 1.29 is 9.47 Å². The van der Waals surface area contributed by atoms with Crippen LogP contribution >= 0.6 is 0 Å². The van der Waals surface area contributed by atoms with Crippen LogP contribution < -0.4 is 0 Å². The maximum atomic E-state index is 5.52. The number of rotatable bonds is 1. The van der Waals surface area contributed by atoms with E-state index in [1.165, 1.54) is 10.8 Å². The normalized spacial score (nSPS) is 16.2. The Kier molecular flexibility index (Phi) is 4.00. The number of benzene rings is 2. The summed E-state index contributed by atoms with van der Waals surface area (Å²) in [4.78, 5) is 0. The SMILES string of the molecule is [NaH].c1ccc2c(C3OCCO3)cccc2c1. The molecule has 0 saturated carbocycles. The molecule has 2 aromatic carbocycles. The molecule has 3 heteroatoms. The molecule has 0 unspecified atom stereocenters. The fourth-order valence-electron chi connectivity index (χ4n) is 1.99. The van der Waals surface area contributed by atoms with Gasteiger partial charge in [0.05, 0.1) is 13.2 Å². The molecule has 0 atom stereocenters. The Morgan fingerprint density at radius 3 is 2.38 bits per heavy atom. The Balaban J connectivity index is 0.000000963. The van der Waals surface area contributed by atoms with Crippen LogP contribution in [0.2, 0.25) is 0 Å². The summed E-state index contributed by atoms with van der Waals surface area (Å²) in [6, 6.07) is 14.5. The first-order valence-electron chi connectivity index (χ1n) is 5.16. The molecule has 0 N–H and O–H groups in total. The Morgan fingerprint density at radius 2 is 1.56 bits per heavy atom. The number of hydrogen-bond acceptors (Lipinski definition) is 2. The van der Waals surface area contributed by atoms with Crippen LogP contribution in [0.1, 0.15) is 11.9 Å². The van der Waals surface area contributed by atoms with Crippen LogP contribution in [-0.2, 0) is 9.47 Å². The molecule has 1 aliphatic rings. The average Bonchev–Trinajstić information content (AvgIpc) is 2.82. The van der Waals surface area contributed by atoms with Crippen molar-refractivity contribution in [3.8, 4) is 0 Å². The Hall–Kier alpha value is -0.380. The van der Waals surface area contributed by atoms with Crippen molar-refractivity contribution in [2.45, 2.75) is 6.29 Å². The summed E-state index contributed by atoms with van der Waals surface area (Å²) < 4.78 is 11.0. The van der Waals surface area contributed by atoms with Gasteiger partial charge in [-0.1, -0.05) is 42.5 Å². The van der Waals surface area contributed by atoms with E-state index in [-0.39, 0.29) is 35.8 Å². The summed E-state index contributed by atoms with van der Waals surface area (Å²) in [5.74, 6) is 0. The van der Waals surface area contributed by atoms with E-state index >= 15 is 0 Å². The minimum absolute atomic E-state index is 0. The van der Waals surface area contributed by atoms with Crippen LogP contribution in [0.15, 0.2) is 42.5 Å². The van der Waals surface area contributed by atoms with E-state index in [2.05, 4.69) is 24.3 Å². The van der Waals surface area contributed by atoms with Gasteiger partial charge in [0, 0.05) is 5.56 Å². The molecule has 0 bridgehead atoms. The second kappa shape index (κ2) is 5.30. The molecule has 78 valence electrons. The van der Waals surface area contributed by atoms with Gasteiger partial charge < -0.3 is 9.47 Å². The van der Waals surface area contributed by atoms with Crippen LogP contribution in [0.4, 0.5) is 0 Å². The smallest absolute Gasteiger partial charge is 0.184 e. The zero-order valence-corrected chi connectivity index (χ0v) is 8.35. The van der Waals surface area contributed by atoms with Gasteiger partial charge in [0.25, 0.3) is 0 Å². The molecule has 1 aliphatic heterocycles. The third-order valence-corrected chi connectivity index (χ3v) is 2.70. The minimum Gasteiger partial charge on any atom is -0.346 e. The van der Waals surface area contributed by atoms with Crippen molar-refractivity contribution in [1.29, 1.82) is 0 Å². The molecule has 2 nitrogen and oxygen atoms in total. The monoisotopic (exact) mass is 224 g/mol. The zero-order valence-electron chi connectivity index (χ0n) is 8.35. The summed E-state index contributed by atoms with van der Waals surface area (Å²) in [6.45, 7) is 1.38. The van der Waals surface area contributed by atoms with E-state index < -0.39 is 0 Å². The first-order chi connectivity index (χ1) is 7.45. The molecular weight excluding hydrogens is 211 g/mol. The van der Waals surface area contributed by atoms with Crippen molar-refractivity contribution in [1.82, 2.24) is 0 Å². The quantitative estimate of drug-likeness (QED) is 0.691. The third kappa shape index (κ3) is 2.17. The van der Waals surface area contributed by atoms with Gasteiger partial charge in [0.2, 0.25) is 0 Å². The van der Waals surface area contributed by atoms with Crippen molar-refractivity contribution in [2.75, 3.05) is 13.2 Å². The van der Waals surface area contributed by atoms with Crippen molar-refractivity contribution in [3.63, 3.8) is 0 Å². The number of ether oxygens (including phenoxy) is 2. The maximum absolute atomic E-state index is 5.52. The summed E-state index contributed by atoms with van der Waals surface area (Å²) in [7, 11) is 0. The molecular formula is C13H13NaO2. The van der Waals surface area contributed by atoms with Gasteiger partial charge >= 0.3 is 29.6 Å². The van der Waals surface area contributed by atoms with Gasteiger partial charge in [-0.3, -0.25) is 0 Å². The predicted octanol–water partition coefficient (Wildman–Crippen LogP) is 2.24. The first kappa shape index (κ1) is 12.1. The third-order valence-electron chi connectivity index (χ3n) is 2.70. The number of fused-ring (bicyclic) bond motifs is 1. The molecule has 2 aromatic rings. The van der Waals surface area contributed by atoms with Crippen LogP contribution in [-0.4, -0.2) is 42.8 Å². The molecule has 1 saturated heterocycles. The largest absolute Gasteiger partial charge is 0.346 e. The molecule has 0 spiro atoms. The van der Waals surface area contributed by atoms with Crippen molar-refractivity contribution >= 4 is 40.3 Å². The molecule has 1 fully saturated rings. The van der Waals surface area contributed by atoms with Gasteiger partial charge in [-0.15, -0.1) is 0 Å². The van der Waals surface area contributed by atoms with E-state index in [1.54, 1.807) is 0 Å². The molecule has 0 aromatic heterocycles. The minimum atomic E-state index is -0.184. The zero-order chi connectivity index (χ0) is 10.1. The molecule has 0 aliphatic carbocycles. The molecule has 16 heavy (non-hydrogen) atoms. The van der Waals surface area contributed by atoms with Gasteiger partial charge in [-0.25, -0.2) is 0 Å². The topological polar surface area (TPSA) is 18.5 Å². The van der Waals surface area contributed by atoms with Gasteiger partial charge in [-0.05, 0) is 10.8 Å². The van der Waals surface area contributed by atoms with E-state index in [0.717, 1.165) is 5.56 Å². The summed E-state index contributed by atoms with van der Waals surface area (Å²) in [6.07, 6.45) is -0.184. The molecule has 1 heterocycles. The second-order valence-electron chi connectivity index (χ2n) is 3.64. The molecule has 0 amide bonds. The summed E-state index contributed by atoms with van der Waals surface area (Å²) >= 11 is 0. The summed E-state index contributed by atoms with van der Waals surface area (Å²) in [5, 5.41) is 2.45. The second-order valence-corrected chi connectivity index (χ2v) is 3.64. The van der Waals surface area contributed by atoms with E-state index in [1.807, 2.05) is 18.2 Å². The van der Waals surface area contributed by atoms with Crippen LogP contribution in [0.5, 0.6) is 0 Å². The maximum Gasteiger partial charge on any atom is 0.184 e. The molecule has 3 rings (SSSR count). The Labute approximate surface area is 117 Å². The van der Waals surface area contributed by atoms with E-state index in [4.69, 9.17) is 9.47 Å². The fourth-order valence-corrected chi connectivity index (χ4v) is 1.99. The summed E-state index contributed by atoms with van der Waals surface area (Å²) in [5.41, 5.74) is 1.13. The first-order valence-corrected chi connectivity index (χ1v) is 5.16. The van der Waals surface area contributed by atoms with Gasteiger partial charge in [-0.2, -0.15) is 0 Å². The van der Waals surface area contributed by atoms with Gasteiger partial charge in [0.15, 0.2) is 6.29 Å². The van der Waals surface area contributed by atoms with E-state index in [0.29, 0.717) is 13.2 Å². The van der Waals surface area contributed by atoms with Crippen molar-refractivity contribution in [3.05, 3.63) is 48.0 Å². The standard InChI is InChI=1S/C13H12O2.Na.H/c1-2-6-11-10(4-1)5-3-7-12(11)13-14-8-9-15-13;;/h1-7,13H,8-9H2;;. The van der Waals surface area contributed by atoms with Crippen LogP contribution in [0.3, 0.4) is 0 Å². The Bertz CT molecular complexity index is 473. The van der Waals surface area contributed by atoms with Crippen molar-refractivity contribution in [2.24, 2.45) is 0 Å².